The van der Waals surface area contributed by atoms with Gasteiger partial charge in [0.1, 0.15) is 12.0 Å². The van der Waals surface area contributed by atoms with Gasteiger partial charge in [-0.1, -0.05) is 12.8 Å². The number of hydrogen-bond donors (Lipinski definition) is 2. The molecular formula is C28H38N6O4. The monoisotopic (exact) mass is 522 g/mol. The third-order valence-electron chi connectivity index (χ3n) is 7.19. The number of fused-ring (bicyclic) bond motifs is 1. The molecule has 2 aromatic heterocycles. The second-order valence-corrected chi connectivity index (χ2v) is 10.1. The van der Waals surface area contributed by atoms with Gasteiger partial charge >= 0.3 is 5.97 Å². The molecule has 2 aliphatic rings. The van der Waals surface area contributed by atoms with Gasteiger partial charge < -0.3 is 24.8 Å². The number of unbranched alkanes of at least 4 members (excludes halogenated alkanes) is 3. The highest BCUT2D eigenvalue weighted by Crippen LogP contribution is 2.32. The number of nitrogens with one attached hydrogen (secondary N) is 1. The van der Waals surface area contributed by atoms with E-state index in [0.717, 1.165) is 106 Å². The van der Waals surface area contributed by atoms with Gasteiger partial charge in [-0.25, -0.2) is 4.98 Å². The summed E-state index contributed by atoms with van der Waals surface area (Å²) in [6.07, 6.45) is 12.3. The maximum Gasteiger partial charge on any atom is 0.303 e. The van der Waals surface area contributed by atoms with Crippen LogP contribution in [0.2, 0.25) is 0 Å². The molecule has 0 bridgehead atoms. The van der Waals surface area contributed by atoms with E-state index in [-0.39, 0.29) is 12.6 Å². The second kappa shape index (κ2) is 12.9. The van der Waals surface area contributed by atoms with Crippen molar-refractivity contribution < 1.29 is 19.4 Å². The van der Waals surface area contributed by atoms with Gasteiger partial charge in [-0.3, -0.25) is 9.36 Å². The zero-order valence-electron chi connectivity index (χ0n) is 22.0. The Labute approximate surface area is 223 Å². The molecule has 4 heterocycles. The first kappa shape index (κ1) is 26.2. The molecule has 2 aliphatic heterocycles. The van der Waals surface area contributed by atoms with Crippen LogP contribution < -0.4 is 15.0 Å². The summed E-state index contributed by atoms with van der Waals surface area (Å²) >= 11 is 0. The molecule has 2 N–H and O–H groups in total. The van der Waals surface area contributed by atoms with Gasteiger partial charge in [-0.15, -0.1) is 0 Å². The van der Waals surface area contributed by atoms with Crippen molar-refractivity contribution in [3.63, 3.8) is 0 Å². The van der Waals surface area contributed by atoms with Crippen molar-refractivity contribution in [3.05, 3.63) is 30.6 Å². The molecule has 3 aromatic rings. The number of piperidine rings is 1. The Balaban J connectivity index is 1.26. The molecular weight excluding hydrogens is 484 g/mol. The Morgan fingerprint density at radius 1 is 1.03 bits per heavy atom. The normalized spacial score (nSPS) is 18.0. The SMILES string of the molecule is O=C(O)CCCCCCOc1ccc(Nc2nc(N3CCCCC3)c3ncn(C4CCCCO4)c3n2)cc1. The molecule has 1 aromatic carbocycles. The number of imidazole rings is 1. The summed E-state index contributed by atoms with van der Waals surface area (Å²) in [5.41, 5.74) is 2.52. The van der Waals surface area contributed by atoms with Crippen molar-refractivity contribution in [3.8, 4) is 5.75 Å². The van der Waals surface area contributed by atoms with Crippen molar-refractivity contribution in [2.45, 2.75) is 76.9 Å². The van der Waals surface area contributed by atoms with E-state index in [1.54, 1.807) is 0 Å². The Hall–Kier alpha value is -3.40. The lowest BCUT2D eigenvalue weighted by atomic mass is 10.1. The van der Waals surface area contributed by atoms with E-state index in [2.05, 4.69) is 14.8 Å². The van der Waals surface area contributed by atoms with Crippen LogP contribution in [0.25, 0.3) is 11.2 Å². The van der Waals surface area contributed by atoms with E-state index < -0.39 is 5.97 Å². The molecule has 38 heavy (non-hydrogen) atoms. The zero-order valence-corrected chi connectivity index (χ0v) is 22.0. The fraction of sp³-hybridized carbons (Fsp3) is 0.571. The van der Waals surface area contributed by atoms with Crippen LogP contribution in [0.15, 0.2) is 30.6 Å². The third-order valence-corrected chi connectivity index (χ3v) is 7.19. The van der Waals surface area contributed by atoms with Crippen LogP contribution in [0.3, 0.4) is 0 Å². The van der Waals surface area contributed by atoms with Crippen LogP contribution in [0.5, 0.6) is 5.75 Å². The number of benzene rings is 1. The number of anilines is 3. The molecule has 204 valence electrons. The number of carboxylic acid groups (broad SMARTS) is 1. The van der Waals surface area contributed by atoms with Crippen LogP contribution in [0.1, 0.15) is 76.9 Å². The Kier molecular flexibility index (Phi) is 8.90. The fourth-order valence-electron chi connectivity index (χ4n) is 5.12. The maximum atomic E-state index is 10.6. The Morgan fingerprint density at radius 2 is 1.84 bits per heavy atom. The van der Waals surface area contributed by atoms with Crippen LogP contribution in [-0.4, -0.2) is 56.9 Å². The van der Waals surface area contributed by atoms with Gasteiger partial charge in [0.15, 0.2) is 17.0 Å². The predicted octanol–water partition coefficient (Wildman–Crippen LogP) is 5.67. The molecule has 2 fully saturated rings. The molecule has 10 nitrogen and oxygen atoms in total. The Bertz CT molecular complexity index is 1190. The lowest BCUT2D eigenvalue weighted by Crippen LogP contribution is -2.30. The quantitative estimate of drug-likeness (QED) is 0.290. The number of carbonyl (C=O) groups is 1. The highest BCUT2D eigenvalue weighted by molar-refractivity contribution is 5.85. The van der Waals surface area contributed by atoms with Gasteiger partial charge in [-0.05, 0) is 75.6 Å². The Morgan fingerprint density at radius 3 is 2.61 bits per heavy atom. The highest BCUT2D eigenvalue weighted by Gasteiger charge is 2.24. The second-order valence-electron chi connectivity index (χ2n) is 10.1. The van der Waals surface area contributed by atoms with Crippen molar-refractivity contribution in [2.24, 2.45) is 0 Å². The minimum atomic E-state index is -0.730. The van der Waals surface area contributed by atoms with Crippen molar-refractivity contribution in [2.75, 3.05) is 36.5 Å². The summed E-state index contributed by atoms with van der Waals surface area (Å²) in [7, 11) is 0. The smallest absolute Gasteiger partial charge is 0.303 e. The minimum Gasteiger partial charge on any atom is -0.494 e. The summed E-state index contributed by atoms with van der Waals surface area (Å²) in [5, 5.41) is 12.1. The summed E-state index contributed by atoms with van der Waals surface area (Å²) < 4.78 is 14.0. The first-order valence-electron chi connectivity index (χ1n) is 14.0. The number of hydrogen-bond acceptors (Lipinski definition) is 8. The number of aliphatic carboxylic acids is 1. The van der Waals surface area contributed by atoms with E-state index in [1.165, 1.54) is 6.42 Å². The van der Waals surface area contributed by atoms with Gasteiger partial charge in [0, 0.05) is 31.8 Å². The lowest BCUT2D eigenvalue weighted by molar-refractivity contribution is -0.137. The standard InChI is InChI=1S/C28H38N6O4/c35-24(36)11-4-1-2-8-18-37-22-14-12-21(13-15-22)30-28-31-26(33-16-6-3-7-17-33)25-27(32-28)34(20-29-25)23-10-5-9-19-38-23/h12-15,20,23H,1-11,16-19H2,(H,35,36)(H,30,31,32). The molecule has 0 aliphatic carbocycles. The van der Waals surface area contributed by atoms with Gasteiger partial charge in [0.2, 0.25) is 5.95 Å². The lowest BCUT2D eigenvalue weighted by Gasteiger charge is -2.28. The molecule has 2 saturated heterocycles. The van der Waals surface area contributed by atoms with E-state index in [1.807, 2.05) is 30.6 Å². The van der Waals surface area contributed by atoms with E-state index in [4.69, 9.17) is 29.5 Å². The molecule has 0 amide bonds. The van der Waals surface area contributed by atoms with Gasteiger partial charge in [-0.2, -0.15) is 9.97 Å². The summed E-state index contributed by atoms with van der Waals surface area (Å²) in [4.78, 5) is 27.4. The van der Waals surface area contributed by atoms with Crippen molar-refractivity contribution in [1.82, 2.24) is 19.5 Å². The number of aromatic nitrogens is 4. The number of nitrogens with zero attached hydrogens (tertiary/aromatic N) is 5. The molecule has 1 unspecified atom stereocenters. The minimum absolute atomic E-state index is 0.0423. The van der Waals surface area contributed by atoms with E-state index in [9.17, 15) is 4.79 Å². The predicted molar refractivity (Wildman–Crippen MR) is 146 cm³/mol. The average Bonchev–Trinajstić information content (AvgIpc) is 3.38. The van der Waals surface area contributed by atoms with Crippen LogP contribution in [-0.2, 0) is 9.53 Å². The first-order chi connectivity index (χ1) is 18.7. The van der Waals surface area contributed by atoms with E-state index in [0.29, 0.717) is 12.6 Å². The molecule has 1 atom stereocenters. The van der Waals surface area contributed by atoms with Gasteiger partial charge in [0.25, 0.3) is 0 Å². The van der Waals surface area contributed by atoms with Crippen LogP contribution in [0.4, 0.5) is 17.5 Å². The summed E-state index contributed by atoms with van der Waals surface area (Å²) in [6.45, 7) is 3.33. The van der Waals surface area contributed by atoms with Crippen molar-refractivity contribution >= 4 is 34.6 Å². The van der Waals surface area contributed by atoms with Gasteiger partial charge in [0.05, 0.1) is 12.9 Å². The average molecular weight is 523 g/mol. The van der Waals surface area contributed by atoms with Crippen LogP contribution in [0, 0.1) is 0 Å². The number of rotatable bonds is 12. The summed E-state index contributed by atoms with van der Waals surface area (Å²) in [6, 6.07) is 7.82. The first-order valence-corrected chi connectivity index (χ1v) is 14.0. The number of ether oxygens (including phenoxy) is 2. The molecule has 0 saturated carbocycles. The largest absolute Gasteiger partial charge is 0.494 e. The molecule has 0 spiro atoms. The molecule has 5 rings (SSSR count). The van der Waals surface area contributed by atoms with Crippen molar-refractivity contribution in [1.29, 1.82) is 0 Å². The van der Waals surface area contributed by atoms with E-state index >= 15 is 0 Å². The fourth-order valence-corrected chi connectivity index (χ4v) is 5.12. The topological polar surface area (TPSA) is 115 Å². The summed E-state index contributed by atoms with van der Waals surface area (Å²) in [5.74, 6) is 1.51. The maximum absolute atomic E-state index is 10.6. The van der Waals surface area contributed by atoms with Crippen LogP contribution >= 0.6 is 0 Å². The highest BCUT2D eigenvalue weighted by atomic mass is 16.5. The molecule has 10 heteroatoms. The molecule has 0 radical (unpaired) electrons. The zero-order chi connectivity index (χ0) is 26.2. The third kappa shape index (κ3) is 6.72. The number of carboxylic acids is 1.